The fourth-order valence-electron chi connectivity index (χ4n) is 4.89. The summed E-state index contributed by atoms with van der Waals surface area (Å²) in [5.41, 5.74) is 4.55. The minimum atomic E-state index is -0.0632. The lowest BCUT2D eigenvalue weighted by molar-refractivity contribution is 0.0698. The lowest BCUT2D eigenvalue weighted by atomic mass is 10.1. The maximum Gasteiger partial charge on any atom is 0.292 e. The quantitative estimate of drug-likeness (QED) is 0.405. The second-order valence-electron chi connectivity index (χ2n) is 10.2. The normalized spacial score (nSPS) is 15.7. The summed E-state index contributed by atoms with van der Waals surface area (Å²) in [6.07, 6.45) is 7.86. The SMILES string of the molecule is CC(C)Cc1cc(C(=O)N2CCCCCCCCN(Cc3ccccc3)c3ccccc3C2)on1. The van der Waals surface area contributed by atoms with E-state index in [1.54, 1.807) is 0 Å². The highest BCUT2D eigenvalue weighted by atomic mass is 16.5. The minimum absolute atomic E-state index is 0.0632. The molecule has 0 unspecified atom stereocenters. The molecule has 5 heteroatoms. The first-order chi connectivity index (χ1) is 17.1. The number of para-hydroxylation sites is 1. The van der Waals surface area contributed by atoms with E-state index in [4.69, 9.17) is 4.52 Å². The van der Waals surface area contributed by atoms with Crippen LogP contribution in [0.3, 0.4) is 0 Å². The fraction of sp³-hybridized carbons (Fsp3) is 0.467. The van der Waals surface area contributed by atoms with Crippen LogP contribution in [0.2, 0.25) is 0 Å². The highest BCUT2D eigenvalue weighted by molar-refractivity contribution is 5.91. The molecule has 0 N–H and O–H groups in total. The van der Waals surface area contributed by atoms with Gasteiger partial charge in [0.15, 0.2) is 0 Å². The highest BCUT2D eigenvalue weighted by Gasteiger charge is 2.23. The molecule has 0 aliphatic carbocycles. The molecule has 1 amide bonds. The van der Waals surface area contributed by atoms with Crippen molar-refractivity contribution >= 4 is 11.6 Å². The predicted octanol–water partition coefficient (Wildman–Crippen LogP) is 6.88. The Bertz CT molecular complexity index is 1060. The molecule has 0 fully saturated rings. The molecular weight excluding hydrogens is 434 g/mol. The average molecular weight is 474 g/mol. The molecule has 1 aliphatic rings. The van der Waals surface area contributed by atoms with E-state index in [0.717, 1.165) is 44.6 Å². The fourth-order valence-corrected chi connectivity index (χ4v) is 4.89. The summed E-state index contributed by atoms with van der Waals surface area (Å²) >= 11 is 0. The Balaban J connectivity index is 1.61. The van der Waals surface area contributed by atoms with Gasteiger partial charge in [-0.05, 0) is 42.4 Å². The number of nitrogens with zero attached hydrogens (tertiary/aromatic N) is 3. The van der Waals surface area contributed by atoms with Crippen LogP contribution in [-0.4, -0.2) is 29.1 Å². The topological polar surface area (TPSA) is 49.6 Å². The summed E-state index contributed by atoms with van der Waals surface area (Å²) in [5, 5.41) is 4.16. The first-order valence-corrected chi connectivity index (χ1v) is 13.2. The summed E-state index contributed by atoms with van der Waals surface area (Å²) < 4.78 is 5.51. The zero-order chi connectivity index (χ0) is 24.5. The molecular formula is C30H39N3O2. The molecule has 1 aliphatic heterocycles. The zero-order valence-corrected chi connectivity index (χ0v) is 21.3. The van der Waals surface area contributed by atoms with Crippen LogP contribution in [-0.2, 0) is 19.5 Å². The second-order valence-corrected chi connectivity index (χ2v) is 10.2. The van der Waals surface area contributed by atoms with Gasteiger partial charge < -0.3 is 14.3 Å². The summed E-state index contributed by atoms with van der Waals surface area (Å²) in [6, 6.07) is 21.0. The maximum atomic E-state index is 13.5. The Morgan fingerprint density at radius 3 is 2.37 bits per heavy atom. The number of benzene rings is 2. The number of aromatic nitrogens is 1. The molecule has 0 radical (unpaired) electrons. The number of carbonyl (C=O) groups excluding carboxylic acids is 1. The van der Waals surface area contributed by atoms with Crippen LogP contribution < -0.4 is 4.90 Å². The van der Waals surface area contributed by atoms with Crippen molar-refractivity contribution in [3.63, 3.8) is 0 Å². The lowest BCUT2D eigenvalue weighted by Gasteiger charge is -2.29. The summed E-state index contributed by atoms with van der Waals surface area (Å²) in [6.45, 7) is 7.47. The molecule has 0 saturated heterocycles. The summed E-state index contributed by atoms with van der Waals surface area (Å²) in [4.78, 5) is 18.0. The van der Waals surface area contributed by atoms with Gasteiger partial charge >= 0.3 is 0 Å². The number of carbonyl (C=O) groups is 1. The average Bonchev–Trinajstić information content (AvgIpc) is 3.32. The molecule has 0 atom stereocenters. The number of amides is 1. The third-order valence-corrected chi connectivity index (χ3v) is 6.69. The van der Waals surface area contributed by atoms with E-state index in [1.807, 2.05) is 11.0 Å². The number of fused-ring (bicyclic) bond motifs is 1. The van der Waals surface area contributed by atoms with Crippen molar-refractivity contribution < 1.29 is 9.32 Å². The molecule has 0 bridgehead atoms. The predicted molar refractivity (Wildman–Crippen MR) is 141 cm³/mol. The molecule has 186 valence electrons. The van der Waals surface area contributed by atoms with Gasteiger partial charge in [-0.2, -0.15) is 0 Å². The van der Waals surface area contributed by atoms with E-state index >= 15 is 0 Å². The van der Waals surface area contributed by atoms with Crippen molar-refractivity contribution in [1.29, 1.82) is 0 Å². The Morgan fingerprint density at radius 1 is 0.914 bits per heavy atom. The van der Waals surface area contributed by atoms with Crippen molar-refractivity contribution in [3.05, 3.63) is 83.2 Å². The molecule has 2 aromatic carbocycles. The lowest BCUT2D eigenvalue weighted by Crippen LogP contribution is -2.32. The Morgan fingerprint density at radius 2 is 1.60 bits per heavy atom. The third-order valence-electron chi connectivity index (χ3n) is 6.69. The van der Waals surface area contributed by atoms with E-state index in [9.17, 15) is 4.79 Å². The van der Waals surface area contributed by atoms with Crippen molar-refractivity contribution in [2.45, 2.75) is 71.9 Å². The molecule has 2 heterocycles. The van der Waals surface area contributed by atoms with Crippen molar-refractivity contribution in [3.8, 4) is 0 Å². The smallest absolute Gasteiger partial charge is 0.292 e. The van der Waals surface area contributed by atoms with Crippen LogP contribution in [0.4, 0.5) is 5.69 Å². The van der Waals surface area contributed by atoms with E-state index in [2.05, 4.69) is 78.5 Å². The molecule has 3 aromatic rings. The number of hydrogen-bond acceptors (Lipinski definition) is 4. The van der Waals surface area contributed by atoms with Gasteiger partial charge in [-0.1, -0.05) is 93.2 Å². The second kappa shape index (κ2) is 12.6. The third kappa shape index (κ3) is 7.20. The van der Waals surface area contributed by atoms with E-state index < -0.39 is 0 Å². The summed E-state index contributed by atoms with van der Waals surface area (Å²) in [7, 11) is 0. The van der Waals surface area contributed by atoms with Gasteiger partial charge in [0.25, 0.3) is 5.91 Å². The van der Waals surface area contributed by atoms with Crippen molar-refractivity contribution in [1.82, 2.24) is 10.1 Å². The van der Waals surface area contributed by atoms with Crippen LogP contribution in [0.25, 0.3) is 0 Å². The van der Waals surface area contributed by atoms with Crippen LogP contribution in [0, 0.1) is 5.92 Å². The van der Waals surface area contributed by atoms with Gasteiger partial charge in [-0.3, -0.25) is 4.79 Å². The Kier molecular flexibility index (Phi) is 8.99. The van der Waals surface area contributed by atoms with Crippen molar-refractivity contribution in [2.24, 2.45) is 5.92 Å². The van der Waals surface area contributed by atoms with E-state index in [0.29, 0.717) is 18.2 Å². The molecule has 4 rings (SSSR count). The van der Waals surface area contributed by atoms with Crippen LogP contribution >= 0.6 is 0 Å². The maximum absolute atomic E-state index is 13.5. The number of hydrogen-bond donors (Lipinski definition) is 0. The number of anilines is 1. The van der Waals surface area contributed by atoms with Crippen molar-refractivity contribution in [2.75, 3.05) is 18.0 Å². The van der Waals surface area contributed by atoms with Gasteiger partial charge in [0, 0.05) is 37.9 Å². The van der Waals surface area contributed by atoms with Gasteiger partial charge in [0.1, 0.15) is 0 Å². The highest BCUT2D eigenvalue weighted by Crippen LogP contribution is 2.26. The van der Waals surface area contributed by atoms with Gasteiger partial charge in [-0.25, -0.2) is 0 Å². The zero-order valence-electron chi connectivity index (χ0n) is 21.3. The standard InChI is InChI=1S/C30H39N3O2/c1-24(2)20-27-21-29(35-31-27)30(34)33-19-13-6-4-3-5-12-18-32(22-25-14-8-7-9-15-25)28-17-11-10-16-26(28)23-33/h7-11,14-17,21,24H,3-6,12-13,18-20,22-23H2,1-2H3. The van der Waals surface area contributed by atoms with E-state index in [1.165, 1.54) is 42.5 Å². The van der Waals surface area contributed by atoms with Gasteiger partial charge in [-0.15, -0.1) is 0 Å². The van der Waals surface area contributed by atoms with Gasteiger partial charge in [0.05, 0.1) is 5.69 Å². The number of rotatable bonds is 5. The molecule has 35 heavy (non-hydrogen) atoms. The first kappa shape index (κ1) is 25.0. The van der Waals surface area contributed by atoms with Crippen LogP contribution in [0.1, 0.15) is 79.7 Å². The Labute approximate surface area is 210 Å². The molecule has 0 saturated carbocycles. The largest absolute Gasteiger partial charge is 0.367 e. The van der Waals surface area contributed by atoms with E-state index in [-0.39, 0.29) is 5.91 Å². The van der Waals surface area contributed by atoms with Gasteiger partial charge in [0.2, 0.25) is 5.76 Å². The molecule has 5 nitrogen and oxygen atoms in total. The Hall–Kier alpha value is -3.08. The monoisotopic (exact) mass is 473 g/mol. The summed E-state index contributed by atoms with van der Waals surface area (Å²) in [5.74, 6) is 0.756. The van der Waals surface area contributed by atoms with Crippen LogP contribution in [0.15, 0.2) is 65.2 Å². The minimum Gasteiger partial charge on any atom is -0.367 e. The molecule has 0 spiro atoms. The van der Waals surface area contributed by atoms with Crippen LogP contribution in [0.5, 0.6) is 0 Å². The first-order valence-electron chi connectivity index (χ1n) is 13.2. The molecule has 1 aromatic heterocycles.